The van der Waals surface area contributed by atoms with Crippen LogP contribution in [0.3, 0.4) is 0 Å². The number of rotatable bonds is 6. The molecular weight excluding hydrogens is 306 g/mol. The number of methoxy groups -OCH3 is 1. The normalized spacial score (nSPS) is 23.6. The highest BCUT2D eigenvalue weighted by molar-refractivity contribution is 5.74. The highest BCUT2D eigenvalue weighted by Crippen LogP contribution is 2.34. The number of esters is 2. The van der Waals surface area contributed by atoms with Gasteiger partial charge in [0.2, 0.25) is 0 Å². The highest BCUT2D eigenvalue weighted by atomic mass is 16.5. The van der Waals surface area contributed by atoms with Crippen LogP contribution in [0.4, 0.5) is 5.69 Å². The van der Waals surface area contributed by atoms with Crippen molar-refractivity contribution in [1.29, 1.82) is 0 Å². The average molecular weight is 333 g/mol. The zero-order chi connectivity index (χ0) is 17.5. The molecule has 1 aliphatic heterocycles. The Morgan fingerprint density at radius 1 is 1.25 bits per heavy atom. The van der Waals surface area contributed by atoms with Gasteiger partial charge in [0.05, 0.1) is 19.6 Å². The summed E-state index contributed by atoms with van der Waals surface area (Å²) in [6, 6.07) is 10.3. The van der Waals surface area contributed by atoms with Crippen molar-refractivity contribution in [2.75, 3.05) is 25.2 Å². The van der Waals surface area contributed by atoms with Crippen molar-refractivity contribution in [3.05, 3.63) is 30.3 Å². The predicted octanol–water partition coefficient (Wildman–Crippen LogP) is 3.03. The van der Waals surface area contributed by atoms with Gasteiger partial charge in [-0.2, -0.15) is 0 Å². The lowest BCUT2D eigenvalue weighted by molar-refractivity contribution is -0.146. The standard InChI is InChI=1S/C19H27NO4/c1-4-24-18(21)11-10-15-12-16(19(22)23-3)13-20(14(15)2)17-8-6-5-7-9-17/h5-9,14-16H,4,10-13H2,1-3H3. The molecule has 24 heavy (non-hydrogen) atoms. The third-order valence-electron chi connectivity index (χ3n) is 4.83. The van der Waals surface area contributed by atoms with Crippen molar-refractivity contribution in [2.24, 2.45) is 11.8 Å². The molecule has 1 fully saturated rings. The third kappa shape index (κ3) is 4.49. The first kappa shape index (κ1) is 18.3. The van der Waals surface area contributed by atoms with E-state index in [-0.39, 0.29) is 29.8 Å². The molecule has 0 aliphatic carbocycles. The van der Waals surface area contributed by atoms with Crippen LogP contribution in [0, 0.1) is 11.8 Å². The van der Waals surface area contributed by atoms with E-state index in [4.69, 9.17) is 9.47 Å². The largest absolute Gasteiger partial charge is 0.469 e. The summed E-state index contributed by atoms with van der Waals surface area (Å²) in [7, 11) is 1.43. The minimum Gasteiger partial charge on any atom is -0.469 e. The van der Waals surface area contributed by atoms with Gasteiger partial charge in [0.25, 0.3) is 0 Å². The van der Waals surface area contributed by atoms with Gasteiger partial charge in [-0.15, -0.1) is 0 Å². The van der Waals surface area contributed by atoms with E-state index in [0.29, 0.717) is 19.6 Å². The molecule has 1 saturated heterocycles. The van der Waals surface area contributed by atoms with E-state index < -0.39 is 0 Å². The molecule has 1 aromatic carbocycles. The van der Waals surface area contributed by atoms with E-state index in [9.17, 15) is 9.59 Å². The molecule has 3 unspecified atom stereocenters. The average Bonchev–Trinajstić information content (AvgIpc) is 2.61. The molecule has 0 saturated carbocycles. The van der Waals surface area contributed by atoms with Crippen LogP contribution in [-0.2, 0) is 19.1 Å². The Kier molecular flexibility index (Phi) is 6.64. The number of carbonyl (C=O) groups is 2. The lowest BCUT2D eigenvalue weighted by Crippen LogP contribution is -2.49. The van der Waals surface area contributed by atoms with Gasteiger partial charge in [-0.05, 0) is 44.7 Å². The zero-order valence-corrected chi connectivity index (χ0v) is 14.7. The SMILES string of the molecule is CCOC(=O)CCC1CC(C(=O)OC)CN(c2ccccc2)C1C. The van der Waals surface area contributed by atoms with Gasteiger partial charge in [-0.25, -0.2) is 0 Å². The van der Waals surface area contributed by atoms with Crippen LogP contribution in [0.25, 0.3) is 0 Å². The van der Waals surface area contributed by atoms with Gasteiger partial charge in [-0.1, -0.05) is 18.2 Å². The molecule has 1 heterocycles. The fraction of sp³-hybridized carbons (Fsp3) is 0.579. The summed E-state index contributed by atoms with van der Waals surface area (Å²) >= 11 is 0. The predicted molar refractivity (Wildman–Crippen MR) is 92.7 cm³/mol. The fourth-order valence-corrected chi connectivity index (χ4v) is 3.49. The maximum absolute atomic E-state index is 12.1. The quantitative estimate of drug-likeness (QED) is 0.749. The van der Waals surface area contributed by atoms with Gasteiger partial charge in [0, 0.05) is 24.7 Å². The van der Waals surface area contributed by atoms with Gasteiger partial charge in [0.15, 0.2) is 0 Å². The smallest absolute Gasteiger partial charge is 0.310 e. The lowest BCUT2D eigenvalue weighted by atomic mass is 9.80. The molecule has 132 valence electrons. The Balaban J connectivity index is 2.13. The molecular formula is C19H27NO4. The Hall–Kier alpha value is -2.04. The van der Waals surface area contributed by atoms with Crippen molar-refractivity contribution in [2.45, 2.75) is 39.2 Å². The van der Waals surface area contributed by atoms with Crippen LogP contribution in [0.5, 0.6) is 0 Å². The van der Waals surface area contributed by atoms with Crippen molar-refractivity contribution in [3.8, 4) is 0 Å². The first-order chi connectivity index (χ1) is 11.6. The molecule has 2 rings (SSSR count). The van der Waals surface area contributed by atoms with E-state index in [1.54, 1.807) is 0 Å². The van der Waals surface area contributed by atoms with E-state index >= 15 is 0 Å². The van der Waals surface area contributed by atoms with E-state index in [0.717, 1.165) is 18.5 Å². The number of piperidine rings is 1. The molecule has 1 aromatic rings. The number of ether oxygens (including phenoxy) is 2. The van der Waals surface area contributed by atoms with Crippen LogP contribution in [0.15, 0.2) is 30.3 Å². The number of para-hydroxylation sites is 1. The van der Waals surface area contributed by atoms with Crippen molar-refractivity contribution < 1.29 is 19.1 Å². The summed E-state index contributed by atoms with van der Waals surface area (Å²) in [4.78, 5) is 26.0. The van der Waals surface area contributed by atoms with Crippen LogP contribution < -0.4 is 4.90 Å². The Morgan fingerprint density at radius 3 is 2.58 bits per heavy atom. The van der Waals surface area contributed by atoms with Gasteiger partial charge < -0.3 is 14.4 Å². The minimum absolute atomic E-state index is 0.168. The van der Waals surface area contributed by atoms with Gasteiger partial charge in [0.1, 0.15) is 0 Å². The maximum Gasteiger partial charge on any atom is 0.310 e. The number of hydrogen-bond donors (Lipinski definition) is 0. The number of nitrogens with zero attached hydrogens (tertiary/aromatic N) is 1. The monoisotopic (exact) mass is 333 g/mol. The Bertz CT molecular complexity index is 546. The van der Waals surface area contributed by atoms with Crippen LogP contribution >= 0.6 is 0 Å². The first-order valence-electron chi connectivity index (χ1n) is 8.62. The summed E-state index contributed by atoms with van der Waals surface area (Å²) in [5.74, 6) is -0.272. The molecule has 5 nitrogen and oxygen atoms in total. The molecule has 0 amide bonds. The molecule has 0 spiro atoms. The minimum atomic E-state index is -0.177. The Labute approximate surface area is 143 Å². The zero-order valence-electron chi connectivity index (χ0n) is 14.7. The van der Waals surface area contributed by atoms with E-state index in [1.807, 2.05) is 25.1 Å². The number of carbonyl (C=O) groups excluding carboxylic acids is 2. The molecule has 3 atom stereocenters. The molecule has 1 aliphatic rings. The molecule has 0 N–H and O–H groups in total. The molecule has 0 radical (unpaired) electrons. The van der Waals surface area contributed by atoms with E-state index in [2.05, 4.69) is 24.0 Å². The number of benzene rings is 1. The topological polar surface area (TPSA) is 55.8 Å². The number of anilines is 1. The van der Waals surface area contributed by atoms with Crippen molar-refractivity contribution >= 4 is 17.6 Å². The lowest BCUT2D eigenvalue weighted by Gasteiger charge is -2.44. The number of hydrogen-bond acceptors (Lipinski definition) is 5. The van der Waals surface area contributed by atoms with Gasteiger partial charge >= 0.3 is 11.9 Å². The second-order valence-electron chi connectivity index (χ2n) is 6.29. The highest BCUT2D eigenvalue weighted by Gasteiger charge is 2.37. The summed E-state index contributed by atoms with van der Waals surface area (Å²) in [6.07, 6.45) is 1.85. The second kappa shape index (κ2) is 8.71. The second-order valence-corrected chi connectivity index (χ2v) is 6.29. The summed E-state index contributed by atoms with van der Waals surface area (Å²) in [5.41, 5.74) is 1.10. The maximum atomic E-state index is 12.1. The van der Waals surface area contributed by atoms with Crippen LogP contribution in [0.1, 0.15) is 33.1 Å². The fourth-order valence-electron chi connectivity index (χ4n) is 3.49. The van der Waals surface area contributed by atoms with Crippen molar-refractivity contribution in [3.63, 3.8) is 0 Å². The molecule has 5 heteroatoms. The molecule has 0 bridgehead atoms. The molecule has 0 aromatic heterocycles. The van der Waals surface area contributed by atoms with E-state index in [1.165, 1.54) is 7.11 Å². The van der Waals surface area contributed by atoms with Gasteiger partial charge in [-0.3, -0.25) is 9.59 Å². The Morgan fingerprint density at radius 2 is 1.96 bits per heavy atom. The third-order valence-corrected chi connectivity index (χ3v) is 4.83. The first-order valence-corrected chi connectivity index (χ1v) is 8.62. The summed E-state index contributed by atoms with van der Waals surface area (Å²) in [6.45, 7) is 5.02. The summed E-state index contributed by atoms with van der Waals surface area (Å²) < 4.78 is 10.00. The van der Waals surface area contributed by atoms with Crippen molar-refractivity contribution in [1.82, 2.24) is 0 Å². The summed E-state index contributed by atoms with van der Waals surface area (Å²) in [5, 5.41) is 0. The van der Waals surface area contributed by atoms with Crippen LogP contribution in [-0.4, -0.2) is 38.2 Å². The van der Waals surface area contributed by atoms with Crippen LogP contribution in [0.2, 0.25) is 0 Å².